The van der Waals surface area contributed by atoms with Crippen LogP contribution in [-0.4, -0.2) is 45.5 Å². The van der Waals surface area contributed by atoms with E-state index in [1.807, 2.05) is 6.07 Å². The third-order valence-electron chi connectivity index (χ3n) is 4.18. The second-order valence-electron chi connectivity index (χ2n) is 5.99. The largest absolute Gasteiger partial charge is 0.378 e. The molecule has 0 saturated carbocycles. The number of pyridine rings is 1. The van der Waals surface area contributed by atoms with E-state index in [9.17, 15) is 13.2 Å². The summed E-state index contributed by atoms with van der Waals surface area (Å²) in [4.78, 5) is 18.0. The number of rotatable bonds is 6. The molecule has 1 aromatic carbocycles. The van der Waals surface area contributed by atoms with E-state index in [2.05, 4.69) is 14.6 Å². The van der Waals surface area contributed by atoms with Gasteiger partial charge in [-0.1, -0.05) is 18.2 Å². The Morgan fingerprint density at radius 2 is 2.00 bits per heavy atom. The Hall–Kier alpha value is -2.29. The first kappa shape index (κ1) is 18.5. The van der Waals surface area contributed by atoms with Crippen LogP contribution in [0.25, 0.3) is 0 Å². The molecule has 138 valence electrons. The second-order valence-corrected chi connectivity index (χ2v) is 7.76. The minimum Gasteiger partial charge on any atom is -0.378 e. The molecule has 8 heteroatoms. The van der Waals surface area contributed by atoms with Crippen molar-refractivity contribution in [3.8, 4) is 0 Å². The number of benzene rings is 1. The summed E-state index contributed by atoms with van der Waals surface area (Å²) in [7, 11) is -3.74. The van der Waals surface area contributed by atoms with Gasteiger partial charge in [-0.2, -0.15) is 0 Å². The molecule has 0 spiro atoms. The van der Waals surface area contributed by atoms with Crippen LogP contribution >= 0.6 is 0 Å². The number of Topliss-reactive ketones (excluding diaryl/α,β-unsaturated/α-hetero) is 1. The van der Waals surface area contributed by atoms with Gasteiger partial charge in [-0.3, -0.25) is 4.79 Å². The van der Waals surface area contributed by atoms with Crippen LogP contribution in [0.4, 0.5) is 5.82 Å². The third-order valence-corrected chi connectivity index (χ3v) is 5.58. The molecule has 0 amide bonds. The molecule has 1 aliphatic heterocycles. The summed E-state index contributed by atoms with van der Waals surface area (Å²) in [6.07, 6.45) is 1.69. The SMILES string of the molecule is CC(=O)c1cccc(S(=O)(=O)NCc2cccnc2N2CCOCC2)c1. The number of carbonyl (C=O) groups excluding carboxylic acids is 1. The summed E-state index contributed by atoms with van der Waals surface area (Å²) < 4.78 is 33.1. The number of nitrogens with one attached hydrogen (secondary N) is 1. The summed E-state index contributed by atoms with van der Waals surface area (Å²) in [5.41, 5.74) is 1.16. The molecular formula is C18H21N3O4S. The Morgan fingerprint density at radius 1 is 1.23 bits per heavy atom. The standard InChI is InChI=1S/C18H21N3O4S/c1-14(22)15-4-2-6-17(12-15)26(23,24)20-13-16-5-3-7-19-18(16)21-8-10-25-11-9-21/h2-7,12,20H,8-11,13H2,1H3. The van der Waals surface area contributed by atoms with Gasteiger partial charge in [-0.25, -0.2) is 18.1 Å². The lowest BCUT2D eigenvalue weighted by atomic mass is 10.2. The summed E-state index contributed by atoms with van der Waals surface area (Å²) in [5, 5.41) is 0. The monoisotopic (exact) mass is 375 g/mol. The Labute approximate surface area is 153 Å². The lowest BCUT2D eigenvalue weighted by Crippen LogP contribution is -2.37. The average molecular weight is 375 g/mol. The van der Waals surface area contributed by atoms with E-state index < -0.39 is 10.0 Å². The second kappa shape index (κ2) is 7.94. The van der Waals surface area contributed by atoms with Crippen LogP contribution in [0, 0.1) is 0 Å². The highest BCUT2D eigenvalue weighted by molar-refractivity contribution is 7.89. The number of aromatic nitrogens is 1. The number of ether oxygens (including phenoxy) is 1. The van der Waals surface area contributed by atoms with Gasteiger partial charge < -0.3 is 9.64 Å². The summed E-state index contributed by atoms with van der Waals surface area (Å²) >= 11 is 0. The first-order valence-corrected chi connectivity index (χ1v) is 9.83. The maximum Gasteiger partial charge on any atom is 0.240 e. The van der Waals surface area contributed by atoms with Crippen LogP contribution in [0.15, 0.2) is 47.5 Å². The zero-order valence-corrected chi connectivity index (χ0v) is 15.3. The maximum absolute atomic E-state index is 12.6. The number of hydrogen-bond donors (Lipinski definition) is 1. The third kappa shape index (κ3) is 4.27. The van der Waals surface area contributed by atoms with Crippen molar-refractivity contribution in [2.75, 3.05) is 31.2 Å². The van der Waals surface area contributed by atoms with Gasteiger partial charge in [-0.05, 0) is 25.1 Å². The van der Waals surface area contributed by atoms with Gasteiger partial charge in [0.2, 0.25) is 10.0 Å². The van der Waals surface area contributed by atoms with Crippen molar-refractivity contribution in [3.63, 3.8) is 0 Å². The van der Waals surface area contributed by atoms with E-state index >= 15 is 0 Å². The molecular weight excluding hydrogens is 354 g/mol. The predicted octanol–water partition coefficient (Wildman–Crippen LogP) is 1.60. The fourth-order valence-electron chi connectivity index (χ4n) is 2.77. The highest BCUT2D eigenvalue weighted by Gasteiger charge is 2.19. The fraction of sp³-hybridized carbons (Fsp3) is 0.333. The lowest BCUT2D eigenvalue weighted by Gasteiger charge is -2.29. The van der Waals surface area contributed by atoms with E-state index in [0.29, 0.717) is 18.8 Å². The molecule has 0 unspecified atom stereocenters. The van der Waals surface area contributed by atoms with Crippen molar-refractivity contribution in [1.82, 2.24) is 9.71 Å². The van der Waals surface area contributed by atoms with Crippen molar-refractivity contribution < 1.29 is 17.9 Å². The highest BCUT2D eigenvalue weighted by atomic mass is 32.2. The Bertz CT molecular complexity index is 893. The topological polar surface area (TPSA) is 88.6 Å². The summed E-state index contributed by atoms with van der Waals surface area (Å²) in [6.45, 7) is 4.21. The van der Waals surface area contributed by atoms with Crippen LogP contribution in [-0.2, 0) is 21.3 Å². The molecule has 2 heterocycles. The zero-order valence-electron chi connectivity index (χ0n) is 14.5. The normalized spacial score (nSPS) is 15.0. The van der Waals surface area contributed by atoms with E-state index in [1.165, 1.54) is 19.1 Å². The van der Waals surface area contributed by atoms with E-state index in [4.69, 9.17) is 4.74 Å². The van der Waals surface area contributed by atoms with Crippen molar-refractivity contribution in [2.45, 2.75) is 18.4 Å². The van der Waals surface area contributed by atoms with Crippen LogP contribution < -0.4 is 9.62 Å². The Balaban J connectivity index is 1.78. The van der Waals surface area contributed by atoms with Crippen LogP contribution in [0.2, 0.25) is 0 Å². The molecule has 1 aliphatic rings. The van der Waals surface area contributed by atoms with E-state index in [1.54, 1.807) is 24.4 Å². The quantitative estimate of drug-likeness (QED) is 0.772. The van der Waals surface area contributed by atoms with E-state index in [-0.39, 0.29) is 17.2 Å². The van der Waals surface area contributed by atoms with Crippen molar-refractivity contribution in [2.24, 2.45) is 0 Å². The van der Waals surface area contributed by atoms with Gasteiger partial charge in [0.25, 0.3) is 0 Å². The smallest absolute Gasteiger partial charge is 0.240 e. The van der Waals surface area contributed by atoms with Crippen LogP contribution in [0.3, 0.4) is 0 Å². The molecule has 0 atom stereocenters. The average Bonchev–Trinajstić information content (AvgIpc) is 2.67. The van der Waals surface area contributed by atoms with Crippen molar-refractivity contribution in [1.29, 1.82) is 0 Å². The van der Waals surface area contributed by atoms with Gasteiger partial charge in [-0.15, -0.1) is 0 Å². The first-order valence-electron chi connectivity index (χ1n) is 8.34. The number of nitrogens with zero attached hydrogens (tertiary/aromatic N) is 2. The van der Waals surface area contributed by atoms with Crippen LogP contribution in [0.1, 0.15) is 22.8 Å². The Morgan fingerprint density at radius 3 is 2.73 bits per heavy atom. The fourth-order valence-corrected chi connectivity index (χ4v) is 3.82. The number of hydrogen-bond acceptors (Lipinski definition) is 6. The molecule has 26 heavy (non-hydrogen) atoms. The molecule has 1 fully saturated rings. The zero-order chi connectivity index (χ0) is 18.6. The van der Waals surface area contributed by atoms with Gasteiger partial charge in [0.1, 0.15) is 5.82 Å². The molecule has 7 nitrogen and oxygen atoms in total. The lowest BCUT2D eigenvalue weighted by molar-refractivity contribution is 0.101. The number of ketones is 1. The molecule has 1 N–H and O–H groups in total. The molecule has 1 saturated heterocycles. The molecule has 0 radical (unpaired) electrons. The molecule has 0 aliphatic carbocycles. The van der Waals surface area contributed by atoms with Gasteiger partial charge in [0.05, 0.1) is 18.1 Å². The minimum absolute atomic E-state index is 0.0713. The number of morpholine rings is 1. The number of anilines is 1. The van der Waals surface area contributed by atoms with E-state index in [0.717, 1.165) is 24.5 Å². The maximum atomic E-state index is 12.6. The van der Waals surface area contributed by atoms with Crippen LogP contribution in [0.5, 0.6) is 0 Å². The number of carbonyl (C=O) groups is 1. The molecule has 1 aromatic heterocycles. The summed E-state index contributed by atoms with van der Waals surface area (Å²) in [6, 6.07) is 9.65. The van der Waals surface area contributed by atoms with Crippen molar-refractivity contribution in [3.05, 3.63) is 53.7 Å². The van der Waals surface area contributed by atoms with Gasteiger partial charge in [0.15, 0.2) is 5.78 Å². The summed E-state index contributed by atoms with van der Waals surface area (Å²) in [5.74, 6) is 0.583. The number of sulfonamides is 1. The van der Waals surface area contributed by atoms with Crippen molar-refractivity contribution >= 4 is 21.6 Å². The van der Waals surface area contributed by atoms with Gasteiger partial charge >= 0.3 is 0 Å². The Kier molecular flexibility index (Phi) is 5.65. The molecule has 3 rings (SSSR count). The highest BCUT2D eigenvalue weighted by Crippen LogP contribution is 2.19. The molecule has 2 aromatic rings. The predicted molar refractivity (Wildman–Crippen MR) is 97.7 cm³/mol. The minimum atomic E-state index is -3.74. The molecule has 0 bridgehead atoms. The van der Waals surface area contributed by atoms with Gasteiger partial charge in [0, 0.05) is 37.0 Å². The first-order chi connectivity index (χ1) is 12.5.